The van der Waals surface area contributed by atoms with Crippen LogP contribution >= 0.6 is 0 Å². The molecule has 1 saturated heterocycles. The highest BCUT2D eigenvalue weighted by Gasteiger charge is 2.41. The molecule has 124 valence electrons. The first-order valence-electron chi connectivity index (χ1n) is 8.67. The molecule has 3 nitrogen and oxygen atoms in total. The van der Waals surface area contributed by atoms with Crippen LogP contribution in [0, 0.1) is 5.41 Å². The maximum Gasteiger partial charge on any atom is 0.159 e. The van der Waals surface area contributed by atoms with Crippen molar-refractivity contribution in [2.75, 3.05) is 13.1 Å². The molecule has 0 aliphatic carbocycles. The SMILES string of the molecule is CCC[15NH]C(C)(C)C(=O)C(C)(C)CN1C(C)CCCC1C. The van der Waals surface area contributed by atoms with Crippen molar-refractivity contribution in [2.45, 2.75) is 91.8 Å². The Morgan fingerprint density at radius 2 is 1.67 bits per heavy atom. The predicted molar refractivity (Wildman–Crippen MR) is 90.6 cm³/mol. The van der Waals surface area contributed by atoms with Gasteiger partial charge in [-0.3, -0.25) is 9.69 Å². The van der Waals surface area contributed by atoms with Gasteiger partial charge in [-0.05, 0) is 53.5 Å². The van der Waals surface area contributed by atoms with Crippen molar-refractivity contribution in [1.29, 1.82) is 0 Å². The summed E-state index contributed by atoms with van der Waals surface area (Å²) in [6, 6.07) is 1.18. The highest BCUT2D eigenvalue weighted by molar-refractivity contribution is 5.92. The van der Waals surface area contributed by atoms with Crippen LogP contribution in [0.25, 0.3) is 0 Å². The summed E-state index contributed by atoms with van der Waals surface area (Å²) in [5, 5.41) is 3.41. The van der Waals surface area contributed by atoms with E-state index in [1.807, 2.05) is 13.8 Å². The fraction of sp³-hybridized carbons (Fsp3) is 0.944. The number of piperidine rings is 1. The molecule has 0 aromatic heterocycles. The van der Waals surface area contributed by atoms with Crippen LogP contribution in [0.2, 0.25) is 0 Å². The number of carbonyl (C=O) groups excluding carboxylic acids is 1. The summed E-state index contributed by atoms with van der Waals surface area (Å²) in [5.74, 6) is 0.327. The Kier molecular flexibility index (Phi) is 6.42. The van der Waals surface area contributed by atoms with Gasteiger partial charge in [0.15, 0.2) is 5.78 Å². The molecule has 0 aromatic rings. The highest BCUT2D eigenvalue weighted by atomic mass is 16.1. The molecule has 1 heterocycles. The second-order valence-electron chi connectivity index (χ2n) is 8.07. The Bertz CT molecular complexity index is 339. The quantitative estimate of drug-likeness (QED) is 0.728. The molecule has 3 heteroatoms. The third kappa shape index (κ3) is 4.79. The lowest BCUT2D eigenvalue weighted by Crippen LogP contribution is -2.57. The minimum atomic E-state index is -0.443. The summed E-state index contributed by atoms with van der Waals surface area (Å²) in [6.45, 7) is 16.8. The molecule has 21 heavy (non-hydrogen) atoms. The number of hydrogen-bond acceptors (Lipinski definition) is 3. The van der Waals surface area contributed by atoms with Crippen LogP contribution in [0.15, 0.2) is 0 Å². The van der Waals surface area contributed by atoms with E-state index >= 15 is 0 Å². The maximum absolute atomic E-state index is 13.0. The van der Waals surface area contributed by atoms with E-state index in [1.165, 1.54) is 19.3 Å². The van der Waals surface area contributed by atoms with E-state index in [0.717, 1.165) is 19.5 Å². The zero-order valence-corrected chi connectivity index (χ0v) is 15.3. The Morgan fingerprint density at radius 1 is 1.14 bits per heavy atom. The fourth-order valence-electron chi connectivity index (χ4n) is 3.68. The zero-order chi connectivity index (χ0) is 16.3. The molecule has 1 rings (SSSR count). The first-order valence-corrected chi connectivity index (χ1v) is 8.67. The number of nitrogens with one attached hydrogen (secondary N) is 1. The standard InChI is InChI=1S/C18H36N2O/c1-8-12-19-18(6,7)16(21)17(4,5)13-20-14(2)10-9-11-15(20)3/h14-15,19H,8-13H2,1-7H3/i19+1. The van der Waals surface area contributed by atoms with Crippen LogP contribution < -0.4 is 5.32 Å². The van der Waals surface area contributed by atoms with Crippen LogP contribution in [0.4, 0.5) is 0 Å². The lowest BCUT2D eigenvalue weighted by molar-refractivity contribution is -0.134. The van der Waals surface area contributed by atoms with Gasteiger partial charge >= 0.3 is 0 Å². The third-order valence-electron chi connectivity index (χ3n) is 4.95. The largest absolute Gasteiger partial charge is 0.305 e. The number of carbonyl (C=O) groups is 1. The molecular formula is C18H36N2O. The molecule has 1 N–H and O–H groups in total. The molecule has 0 saturated carbocycles. The molecule has 2 atom stereocenters. The summed E-state index contributed by atoms with van der Waals surface area (Å²) in [4.78, 5) is 15.5. The number of nitrogens with zero attached hydrogens (tertiary/aromatic N) is 1. The van der Waals surface area contributed by atoms with Gasteiger partial charge < -0.3 is 5.32 Å². The van der Waals surface area contributed by atoms with Crippen molar-refractivity contribution < 1.29 is 4.79 Å². The van der Waals surface area contributed by atoms with E-state index in [-0.39, 0.29) is 5.41 Å². The third-order valence-corrected chi connectivity index (χ3v) is 4.95. The molecular weight excluding hydrogens is 261 g/mol. The van der Waals surface area contributed by atoms with Gasteiger partial charge in [0.05, 0.1) is 5.54 Å². The van der Waals surface area contributed by atoms with Crippen molar-refractivity contribution in [1.82, 2.24) is 10.2 Å². The van der Waals surface area contributed by atoms with Crippen molar-refractivity contribution in [2.24, 2.45) is 5.41 Å². The van der Waals surface area contributed by atoms with E-state index in [4.69, 9.17) is 0 Å². The van der Waals surface area contributed by atoms with Crippen molar-refractivity contribution in [3.8, 4) is 0 Å². The predicted octanol–water partition coefficient (Wildman–Crippen LogP) is 3.62. The summed E-state index contributed by atoms with van der Waals surface area (Å²) in [7, 11) is 0. The number of likely N-dealkylation sites (tertiary alicyclic amines) is 1. The monoisotopic (exact) mass is 297 g/mol. The zero-order valence-electron chi connectivity index (χ0n) is 15.3. The molecule has 1 fully saturated rings. The van der Waals surface area contributed by atoms with Gasteiger partial charge in [0.2, 0.25) is 0 Å². The fourth-order valence-corrected chi connectivity index (χ4v) is 3.68. The average Bonchev–Trinajstić information content (AvgIpc) is 2.40. The van der Waals surface area contributed by atoms with Crippen LogP contribution in [-0.2, 0) is 4.79 Å². The molecule has 2 unspecified atom stereocenters. The smallest absolute Gasteiger partial charge is 0.159 e. The summed E-state index contributed by atoms with van der Waals surface area (Å²) >= 11 is 0. The number of ketones is 1. The van der Waals surface area contributed by atoms with Crippen LogP contribution in [0.3, 0.4) is 0 Å². The maximum atomic E-state index is 13.0. The van der Waals surface area contributed by atoms with Crippen LogP contribution in [0.1, 0.15) is 74.1 Å². The van der Waals surface area contributed by atoms with Gasteiger partial charge in [0.1, 0.15) is 0 Å². The van der Waals surface area contributed by atoms with Gasteiger partial charge in [-0.15, -0.1) is 0 Å². The second kappa shape index (κ2) is 7.23. The Balaban J connectivity index is 2.77. The highest BCUT2D eigenvalue weighted by Crippen LogP contribution is 2.30. The van der Waals surface area contributed by atoms with Gasteiger partial charge in [0, 0.05) is 24.0 Å². The minimum Gasteiger partial charge on any atom is -0.305 e. The molecule has 0 aromatic carbocycles. The Morgan fingerprint density at radius 3 is 2.14 bits per heavy atom. The molecule has 0 spiro atoms. The van der Waals surface area contributed by atoms with Crippen LogP contribution in [-0.4, -0.2) is 41.4 Å². The number of hydrogen-bond donors (Lipinski definition) is 1. The summed E-state index contributed by atoms with van der Waals surface area (Å²) in [6.07, 6.45) is 4.88. The molecule has 1 aliphatic rings. The molecule has 0 radical (unpaired) electrons. The number of rotatable bonds is 7. The van der Waals surface area contributed by atoms with E-state index in [0.29, 0.717) is 17.9 Å². The first-order chi connectivity index (χ1) is 9.62. The van der Waals surface area contributed by atoms with E-state index in [9.17, 15) is 4.79 Å². The lowest BCUT2D eigenvalue weighted by Gasteiger charge is -2.44. The normalized spacial score (nSPS) is 25.1. The topological polar surface area (TPSA) is 32.3 Å². The van der Waals surface area contributed by atoms with Crippen molar-refractivity contribution in [3.05, 3.63) is 0 Å². The van der Waals surface area contributed by atoms with Crippen LogP contribution in [0.5, 0.6) is 0 Å². The second-order valence-corrected chi connectivity index (χ2v) is 8.07. The van der Waals surface area contributed by atoms with E-state index < -0.39 is 5.54 Å². The van der Waals surface area contributed by atoms with Gasteiger partial charge in [-0.25, -0.2) is 0 Å². The van der Waals surface area contributed by atoms with Gasteiger partial charge in [-0.1, -0.05) is 27.2 Å². The molecule has 0 bridgehead atoms. The summed E-state index contributed by atoms with van der Waals surface area (Å²) < 4.78 is 0. The Hall–Kier alpha value is -0.410. The van der Waals surface area contributed by atoms with E-state index in [1.54, 1.807) is 0 Å². The lowest BCUT2D eigenvalue weighted by atomic mass is 9.78. The van der Waals surface area contributed by atoms with Gasteiger partial charge in [-0.2, -0.15) is 0 Å². The molecule has 1 aliphatic heterocycles. The Labute approximate surface area is 131 Å². The minimum absolute atomic E-state index is 0.315. The first kappa shape index (κ1) is 18.6. The molecule has 0 amide bonds. The van der Waals surface area contributed by atoms with Crippen molar-refractivity contribution >= 4 is 5.78 Å². The average molecular weight is 297 g/mol. The van der Waals surface area contributed by atoms with Gasteiger partial charge in [0.25, 0.3) is 0 Å². The summed E-state index contributed by atoms with van der Waals surface area (Å²) in [5.41, 5.74) is -0.758. The van der Waals surface area contributed by atoms with Crippen molar-refractivity contribution in [3.63, 3.8) is 0 Å². The number of Topliss-reactive ketones (excluding diaryl/α,β-unsaturated/α-hetero) is 1. The van der Waals surface area contributed by atoms with E-state index in [2.05, 4.69) is 44.8 Å².